The Bertz CT molecular complexity index is 511. The molecule has 0 saturated heterocycles. The highest BCUT2D eigenvalue weighted by Gasteiger charge is 2.12. The van der Waals surface area contributed by atoms with Gasteiger partial charge in [-0.15, -0.1) is 0 Å². The lowest BCUT2D eigenvalue weighted by molar-refractivity contribution is 0.0795. The van der Waals surface area contributed by atoms with Crippen molar-refractivity contribution in [3.63, 3.8) is 0 Å². The molecule has 0 aliphatic rings. The van der Waals surface area contributed by atoms with Crippen LogP contribution in [0.15, 0.2) is 35.2 Å². The molecule has 1 amide bonds. The van der Waals surface area contributed by atoms with Crippen LogP contribution in [0.5, 0.6) is 0 Å². The summed E-state index contributed by atoms with van der Waals surface area (Å²) in [4.78, 5) is 17.4. The summed E-state index contributed by atoms with van der Waals surface area (Å²) in [5, 5.41) is 3.66. The molecule has 1 aromatic carbocycles. The highest BCUT2D eigenvalue weighted by molar-refractivity contribution is 5.93. The number of carbonyl (C=O) groups excluding carboxylic acids is 1. The van der Waals surface area contributed by atoms with E-state index in [4.69, 9.17) is 0 Å². The van der Waals surface area contributed by atoms with Gasteiger partial charge in [0.15, 0.2) is 5.82 Å². The Kier molecular flexibility index (Phi) is 3.66. The first-order valence-corrected chi connectivity index (χ1v) is 5.43. The molecule has 5 nitrogen and oxygen atoms in total. The summed E-state index contributed by atoms with van der Waals surface area (Å²) in [6, 6.07) is 5.45. The fourth-order valence-corrected chi connectivity index (χ4v) is 1.48. The lowest BCUT2D eigenvalue weighted by Crippen LogP contribution is -2.29. The zero-order valence-corrected chi connectivity index (χ0v) is 9.84. The van der Waals surface area contributed by atoms with Crippen molar-refractivity contribution >= 4 is 5.91 Å². The first-order valence-electron chi connectivity index (χ1n) is 5.43. The molecule has 0 spiro atoms. The van der Waals surface area contributed by atoms with Gasteiger partial charge in [0, 0.05) is 25.6 Å². The molecular formula is C12H12FN3O2. The number of likely N-dealkylation sites (N-methyl/N-ethyl adjacent to an activating group) is 1. The third kappa shape index (κ3) is 2.91. The van der Waals surface area contributed by atoms with E-state index in [0.29, 0.717) is 24.4 Å². The van der Waals surface area contributed by atoms with E-state index >= 15 is 0 Å². The van der Waals surface area contributed by atoms with Crippen LogP contribution < -0.4 is 0 Å². The molecule has 18 heavy (non-hydrogen) atoms. The fourth-order valence-electron chi connectivity index (χ4n) is 1.48. The van der Waals surface area contributed by atoms with Gasteiger partial charge in [-0.1, -0.05) is 5.16 Å². The first-order chi connectivity index (χ1) is 8.66. The number of nitrogens with zero attached hydrogens (tertiary/aromatic N) is 3. The average Bonchev–Trinajstić information content (AvgIpc) is 2.89. The number of benzene rings is 1. The maximum Gasteiger partial charge on any atom is 0.253 e. The van der Waals surface area contributed by atoms with Crippen LogP contribution >= 0.6 is 0 Å². The number of halogens is 1. The smallest absolute Gasteiger partial charge is 0.253 e. The van der Waals surface area contributed by atoms with Crippen LogP contribution in [0, 0.1) is 5.82 Å². The van der Waals surface area contributed by atoms with Gasteiger partial charge in [-0.25, -0.2) is 4.39 Å². The Labute approximate surface area is 103 Å². The molecule has 0 atom stereocenters. The number of aromatic nitrogens is 2. The molecule has 6 heteroatoms. The van der Waals surface area contributed by atoms with Crippen LogP contribution in [0.25, 0.3) is 0 Å². The number of rotatable bonds is 4. The summed E-state index contributed by atoms with van der Waals surface area (Å²) in [5.41, 5.74) is 0.451. The molecule has 2 rings (SSSR count). The van der Waals surface area contributed by atoms with Crippen LogP contribution in [0.4, 0.5) is 4.39 Å². The molecule has 0 aliphatic carbocycles. The van der Waals surface area contributed by atoms with E-state index in [-0.39, 0.29) is 11.7 Å². The van der Waals surface area contributed by atoms with Crippen LogP contribution in [0.3, 0.4) is 0 Å². The van der Waals surface area contributed by atoms with E-state index in [0.717, 1.165) is 0 Å². The highest BCUT2D eigenvalue weighted by atomic mass is 19.1. The second-order valence-corrected chi connectivity index (χ2v) is 3.83. The van der Waals surface area contributed by atoms with E-state index < -0.39 is 0 Å². The zero-order chi connectivity index (χ0) is 13.0. The minimum atomic E-state index is -0.360. The molecule has 0 unspecified atom stereocenters. The largest absolute Gasteiger partial charge is 0.343 e. The molecule has 0 fully saturated rings. The Morgan fingerprint density at radius 3 is 2.72 bits per heavy atom. The minimum absolute atomic E-state index is 0.168. The van der Waals surface area contributed by atoms with Crippen LogP contribution in [-0.2, 0) is 6.42 Å². The summed E-state index contributed by atoms with van der Waals surface area (Å²) in [6.45, 7) is 0.468. The van der Waals surface area contributed by atoms with Gasteiger partial charge in [0.25, 0.3) is 5.91 Å². The summed E-state index contributed by atoms with van der Waals surface area (Å²) >= 11 is 0. The molecular weight excluding hydrogens is 237 g/mol. The second kappa shape index (κ2) is 5.39. The van der Waals surface area contributed by atoms with Crippen molar-refractivity contribution in [2.24, 2.45) is 0 Å². The zero-order valence-electron chi connectivity index (χ0n) is 9.84. The van der Waals surface area contributed by atoms with Crippen molar-refractivity contribution in [2.75, 3.05) is 13.6 Å². The van der Waals surface area contributed by atoms with Gasteiger partial charge in [0.1, 0.15) is 5.82 Å². The van der Waals surface area contributed by atoms with Crippen molar-refractivity contribution in [3.8, 4) is 0 Å². The van der Waals surface area contributed by atoms with Gasteiger partial charge in [-0.3, -0.25) is 4.79 Å². The molecule has 94 valence electrons. The summed E-state index contributed by atoms with van der Waals surface area (Å²) in [6.07, 6.45) is 1.76. The summed E-state index contributed by atoms with van der Waals surface area (Å²) < 4.78 is 17.3. The Morgan fingerprint density at radius 2 is 2.11 bits per heavy atom. The van der Waals surface area contributed by atoms with Crippen molar-refractivity contribution in [3.05, 3.63) is 47.9 Å². The predicted octanol–water partition coefficient (Wildman–Crippen LogP) is 1.52. The van der Waals surface area contributed by atoms with Crippen molar-refractivity contribution in [2.45, 2.75) is 6.42 Å². The van der Waals surface area contributed by atoms with E-state index in [1.54, 1.807) is 7.05 Å². The maximum atomic E-state index is 12.7. The second-order valence-electron chi connectivity index (χ2n) is 3.83. The number of hydrogen-bond acceptors (Lipinski definition) is 4. The average molecular weight is 249 g/mol. The van der Waals surface area contributed by atoms with Crippen molar-refractivity contribution in [1.82, 2.24) is 15.0 Å². The third-order valence-corrected chi connectivity index (χ3v) is 2.52. The number of amides is 1. The van der Waals surface area contributed by atoms with Crippen LogP contribution in [0.2, 0.25) is 0 Å². The lowest BCUT2D eigenvalue weighted by atomic mass is 10.2. The topological polar surface area (TPSA) is 59.2 Å². The Morgan fingerprint density at radius 1 is 1.39 bits per heavy atom. The monoisotopic (exact) mass is 249 g/mol. The van der Waals surface area contributed by atoms with Gasteiger partial charge >= 0.3 is 0 Å². The van der Waals surface area contributed by atoms with E-state index in [1.807, 2.05) is 0 Å². The van der Waals surface area contributed by atoms with Crippen LogP contribution in [-0.4, -0.2) is 34.5 Å². The van der Waals surface area contributed by atoms with Gasteiger partial charge in [0.05, 0.1) is 0 Å². The van der Waals surface area contributed by atoms with Gasteiger partial charge in [-0.2, -0.15) is 4.98 Å². The standard InChI is InChI=1S/C12H12FN3O2/c1-16(7-6-11-14-8-18-15-11)12(17)9-2-4-10(13)5-3-9/h2-5,8H,6-7H2,1H3. The maximum absolute atomic E-state index is 12.7. The molecule has 0 aliphatic heterocycles. The SMILES string of the molecule is CN(CCc1ncon1)C(=O)c1ccc(F)cc1. The summed E-state index contributed by atoms with van der Waals surface area (Å²) in [7, 11) is 1.67. The van der Waals surface area contributed by atoms with Crippen molar-refractivity contribution < 1.29 is 13.7 Å². The summed E-state index contributed by atoms with van der Waals surface area (Å²) in [5.74, 6) is 0.0215. The Balaban J connectivity index is 1.94. The van der Waals surface area contributed by atoms with E-state index in [1.165, 1.54) is 35.6 Å². The molecule has 1 aromatic heterocycles. The first kappa shape index (κ1) is 12.2. The molecule has 0 radical (unpaired) electrons. The predicted molar refractivity (Wildman–Crippen MR) is 61.4 cm³/mol. The number of carbonyl (C=O) groups is 1. The highest BCUT2D eigenvalue weighted by Crippen LogP contribution is 2.06. The third-order valence-electron chi connectivity index (χ3n) is 2.52. The van der Waals surface area contributed by atoms with Crippen molar-refractivity contribution in [1.29, 1.82) is 0 Å². The van der Waals surface area contributed by atoms with E-state index in [2.05, 4.69) is 14.7 Å². The van der Waals surface area contributed by atoms with Crippen LogP contribution in [0.1, 0.15) is 16.2 Å². The molecule has 0 saturated carbocycles. The lowest BCUT2D eigenvalue weighted by Gasteiger charge is -2.16. The Hall–Kier alpha value is -2.24. The van der Waals surface area contributed by atoms with Gasteiger partial charge < -0.3 is 9.42 Å². The minimum Gasteiger partial charge on any atom is -0.343 e. The molecule has 2 aromatic rings. The van der Waals surface area contributed by atoms with Gasteiger partial charge in [0.2, 0.25) is 6.39 Å². The van der Waals surface area contributed by atoms with Gasteiger partial charge in [-0.05, 0) is 24.3 Å². The quantitative estimate of drug-likeness (QED) is 0.824. The van der Waals surface area contributed by atoms with E-state index in [9.17, 15) is 9.18 Å². The molecule has 1 heterocycles. The normalized spacial score (nSPS) is 10.3. The molecule has 0 N–H and O–H groups in total. The molecule has 0 bridgehead atoms. The fraction of sp³-hybridized carbons (Fsp3) is 0.250. The number of hydrogen-bond donors (Lipinski definition) is 0.